The summed E-state index contributed by atoms with van der Waals surface area (Å²) >= 11 is 0. The summed E-state index contributed by atoms with van der Waals surface area (Å²) in [6.07, 6.45) is 1.77. The third-order valence-corrected chi connectivity index (χ3v) is 2.50. The van der Waals surface area contributed by atoms with Crippen LogP contribution in [0.5, 0.6) is 0 Å². The van der Waals surface area contributed by atoms with Crippen LogP contribution in [0.25, 0.3) is 0 Å². The van der Waals surface area contributed by atoms with Gasteiger partial charge in [-0.2, -0.15) is 0 Å². The fraction of sp³-hybridized carbons (Fsp3) is 0.571. The molecule has 17 heavy (non-hydrogen) atoms. The van der Waals surface area contributed by atoms with Crippen molar-refractivity contribution in [1.29, 1.82) is 0 Å². The lowest BCUT2D eigenvalue weighted by Gasteiger charge is -2.12. The standard InChI is InChI=1S/C14H23NO2/c1-2-3-9-17-12-14(16)11-15-10-13-7-5-4-6-8-13/h4-8,14-16H,2-3,9-12H2,1H3/t14-/m0/s1. The minimum atomic E-state index is -0.421. The molecule has 1 rings (SSSR count). The maximum absolute atomic E-state index is 9.64. The molecule has 0 saturated heterocycles. The van der Waals surface area contributed by atoms with Gasteiger partial charge in [-0.1, -0.05) is 43.7 Å². The van der Waals surface area contributed by atoms with E-state index in [4.69, 9.17) is 4.74 Å². The maximum atomic E-state index is 9.64. The molecule has 0 aliphatic rings. The molecule has 0 aliphatic heterocycles. The predicted molar refractivity (Wildman–Crippen MR) is 69.9 cm³/mol. The number of unbranched alkanes of at least 4 members (excludes halogenated alkanes) is 1. The van der Waals surface area contributed by atoms with Crippen molar-refractivity contribution in [3.05, 3.63) is 35.9 Å². The SMILES string of the molecule is CCCCOC[C@@H](O)CNCc1ccccc1. The largest absolute Gasteiger partial charge is 0.389 e. The van der Waals surface area contributed by atoms with Gasteiger partial charge in [-0.25, -0.2) is 0 Å². The molecule has 0 spiro atoms. The Morgan fingerprint density at radius 1 is 1.29 bits per heavy atom. The lowest BCUT2D eigenvalue weighted by Crippen LogP contribution is -2.30. The van der Waals surface area contributed by atoms with Crippen LogP contribution in [-0.2, 0) is 11.3 Å². The Morgan fingerprint density at radius 3 is 2.76 bits per heavy atom. The summed E-state index contributed by atoms with van der Waals surface area (Å²) in [5.41, 5.74) is 1.23. The molecule has 0 fully saturated rings. The fourth-order valence-corrected chi connectivity index (χ4v) is 1.50. The molecule has 2 N–H and O–H groups in total. The molecule has 0 aliphatic carbocycles. The zero-order valence-electron chi connectivity index (χ0n) is 10.6. The van der Waals surface area contributed by atoms with Gasteiger partial charge in [-0.15, -0.1) is 0 Å². The smallest absolute Gasteiger partial charge is 0.0897 e. The van der Waals surface area contributed by atoms with Crippen molar-refractivity contribution in [2.24, 2.45) is 0 Å². The lowest BCUT2D eigenvalue weighted by molar-refractivity contribution is 0.0358. The average Bonchev–Trinajstić information content (AvgIpc) is 2.36. The molecule has 3 nitrogen and oxygen atoms in total. The number of nitrogens with one attached hydrogen (secondary N) is 1. The maximum Gasteiger partial charge on any atom is 0.0897 e. The fourth-order valence-electron chi connectivity index (χ4n) is 1.50. The van der Waals surface area contributed by atoms with E-state index in [0.717, 1.165) is 26.0 Å². The third kappa shape index (κ3) is 7.10. The van der Waals surface area contributed by atoms with Gasteiger partial charge in [0.25, 0.3) is 0 Å². The van der Waals surface area contributed by atoms with Crippen molar-refractivity contribution in [2.75, 3.05) is 19.8 Å². The average molecular weight is 237 g/mol. The molecule has 0 heterocycles. The van der Waals surface area contributed by atoms with Crippen molar-refractivity contribution in [3.8, 4) is 0 Å². The second-order valence-electron chi connectivity index (χ2n) is 4.20. The van der Waals surface area contributed by atoms with Crippen LogP contribution in [0.2, 0.25) is 0 Å². The van der Waals surface area contributed by atoms with E-state index < -0.39 is 6.10 Å². The van der Waals surface area contributed by atoms with Crippen LogP contribution in [0.3, 0.4) is 0 Å². The zero-order valence-corrected chi connectivity index (χ0v) is 10.6. The highest BCUT2D eigenvalue weighted by Crippen LogP contribution is 1.97. The van der Waals surface area contributed by atoms with E-state index in [1.165, 1.54) is 5.56 Å². The summed E-state index contributed by atoms with van der Waals surface area (Å²) in [6.45, 7) is 4.64. The highest BCUT2D eigenvalue weighted by atomic mass is 16.5. The van der Waals surface area contributed by atoms with Gasteiger partial charge in [0, 0.05) is 19.7 Å². The number of aliphatic hydroxyl groups excluding tert-OH is 1. The van der Waals surface area contributed by atoms with E-state index in [1.54, 1.807) is 0 Å². The van der Waals surface area contributed by atoms with Gasteiger partial charge in [0.1, 0.15) is 0 Å². The van der Waals surface area contributed by atoms with E-state index in [2.05, 4.69) is 24.4 Å². The van der Waals surface area contributed by atoms with E-state index in [9.17, 15) is 5.11 Å². The van der Waals surface area contributed by atoms with Crippen molar-refractivity contribution >= 4 is 0 Å². The number of benzene rings is 1. The van der Waals surface area contributed by atoms with Crippen LogP contribution < -0.4 is 5.32 Å². The Kier molecular flexibility index (Phi) is 7.63. The van der Waals surface area contributed by atoms with Crippen molar-refractivity contribution < 1.29 is 9.84 Å². The molecule has 96 valence electrons. The van der Waals surface area contributed by atoms with E-state index in [0.29, 0.717) is 13.2 Å². The van der Waals surface area contributed by atoms with Gasteiger partial charge in [-0.3, -0.25) is 0 Å². The van der Waals surface area contributed by atoms with E-state index in [-0.39, 0.29) is 0 Å². The molecular formula is C14H23NO2. The van der Waals surface area contributed by atoms with Crippen LogP contribution in [0.4, 0.5) is 0 Å². The predicted octanol–water partition coefficient (Wildman–Crippen LogP) is 1.95. The van der Waals surface area contributed by atoms with E-state index in [1.807, 2.05) is 18.2 Å². The normalized spacial score (nSPS) is 12.6. The van der Waals surface area contributed by atoms with Crippen LogP contribution in [0.1, 0.15) is 25.3 Å². The first-order chi connectivity index (χ1) is 8.33. The second kappa shape index (κ2) is 9.16. The molecule has 3 heteroatoms. The van der Waals surface area contributed by atoms with Crippen LogP contribution >= 0.6 is 0 Å². The lowest BCUT2D eigenvalue weighted by atomic mass is 10.2. The van der Waals surface area contributed by atoms with Crippen LogP contribution in [-0.4, -0.2) is 31.0 Å². The Balaban J connectivity index is 2.02. The molecule has 0 amide bonds. The molecule has 1 atom stereocenters. The Hall–Kier alpha value is -0.900. The second-order valence-corrected chi connectivity index (χ2v) is 4.20. The first kappa shape index (κ1) is 14.2. The number of aliphatic hydroxyl groups is 1. The molecule has 0 radical (unpaired) electrons. The number of hydrogen-bond acceptors (Lipinski definition) is 3. The number of rotatable bonds is 9. The molecule has 0 aromatic heterocycles. The molecule has 0 saturated carbocycles. The summed E-state index contributed by atoms with van der Waals surface area (Å²) in [7, 11) is 0. The summed E-state index contributed by atoms with van der Waals surface area (Å²) in [6, 6.07) is 10.2. The highest BCUT2D eigenvalue weighted by molar-refractivity contribution is 5.14. The van der Waals surface area contributed by atoms with Gasteiger partial charge < -0.3 is 15.2 Å². The Bertz CT molecular complexity index is 277. The summed E-state index contributed by atoms with van der Waals surface area (Å²) in [4.78, 5) is 0. The third-order valence-electron chi connectivity index (χ3n) is 2.50. The monoisotopic (exact) mass is 237 g/mol. The Labute approximate surface area is 104 Å². The summed E-state index contributed by atoms with van der Waals surface area (Å²) in [5.74, 6) is 0. The van der Waals surface area contributed by atoms with Gasteiger partial charge in [0.15, 0.2) is 0 Å². The minimum absolute atomic E-state index is 0.418. The van der Waals surface area contributed by atoms with Gasteiger partial charge in [0.2, 0.25) is 0 Å². The minimum Gasteiger partial charge on any atom is -0.389 e. The first-order valence-corrected chi connectivity index (χ1v) is 6.33. The summed E-state index contributed by atoms with van der Waals surface area (Å²) < 4.78 is 5.35. The zero-order chi connectivity index (χ0) is 12.3. The molecule has 1 aromatic rings. The van der Waals surface area contributed by atoms with Crippen molar-refractivity contribution in [3.63, 3.8) is 0 Å². The molecule has 0 bridgehead atoms. The van der Waals surface area contributed by atoms with Crippen molar-refractivity contribution in [2.45, 2.75) is 32.4 Å². The highest BCUT2D eigenvalue weighted by Gasteiger charge is 2.03. The molecular weight excluding hydrogens is 214 g/mol. The van der Waals surface area contributed by atoms with Crippen LogP contribution in [0, 0.1) is 0 Å². The number of ether oxygens (including phenoxy) is 1. The molecule has 0 unspecified atom stereocenters. The van der Waals surface area contributed by atoms with Crippen molar-refractivity contribution in [1.82, 2.24) is 5.32 Å². The van der Waals surface area contributed by atoms with Gasteiger partial charge in [0.05, 0.1) is 12.7 Å². The van der Waals surface area contributed by atoms with Crippen LogP contribution in [0.15, 0.2) is 30.3 Å². The first-order valence-electron chi connectivity index (χ1n) is 6.33. The molecule has 1 aromatic carbocycles. The number of hydrogen-bond donors (Lipinski definition) is 2. The van der Waals surface area contributed by atoms with Gasteiger partial charge in [-0.05, 0) is 12.0 Å². The summed E-state index contributed by atoms with van der Waals surface area (Å²) in [5, 5.41) is 12.9. The quantitative estimate of drug-likeness (QED) is 0.645. The Morgan fingerprint density at radius 2 is 2.06 bits per heavy atom. The van der Waals surface area contributed by atoms with E-state index >= 15 is 0 Å². The van der Waals surface area contributed by atoms with Gasteiger partial charge >= 0.3 is 0 Å². The topological polar surface area (TPSA) is 41.5 Å².